The van der Waals surface area contributed by atoms with Gasteiger partial charge in [-0.25, -0.2) is 0 Å². The highest BCUT2D eigenvalue weighted by Crippen LogP contribution is 2.22. The zero-order valence-corrected chi connectivity index (χ0v) is 14.6. The lowest BCUT2D eigenvalue weighted by atomic mass is 10.0. The summed E-state index contributed by atoms with van der Waals surface area (Å²) in [5.41, 5.74) is 2.77. The van der Waals surface area contributed by atoms with Crippen LogP contribution in [0.3, 0.4) is 0 Å². The summed E-state index contributed by atoms with van der Waals surface area (Å²) >= 11 is 5.38. The summed E-state index contributed by atoms with van der Waals surface area (Å²) in [6.07, 6.45) is 3.37. The monoisotopic (exact) mass is 351 g/mol. The Kier molecular flexibility index (Phi) is 6.27. The molecule has 0 aliphatic heterocycles. The summed E-state index contributed by atoms with van der Waals surface area (Å²) in [5, 5.41) is 5.85. The van der Waals surface area contributed by atoms with Crippen LogP contribution in [0.1, 0.15) is 29.3 Å². The molecule has 0 aliphatic rings. The van der Waals surface area contributed by atoms with Crippen LogP contribution in [0.5, 0.6) is 0 Å². The van der Waals surface area contributed by atoms with Crippen molar-refractivity contribution in [3.63, 3.8) is 0 Å². The number of hydrogen-bond donors (Lipinski definition) is 1. The van der Waals surface area contributed by atoms with Crippen LogP contribution in [0.2, 0.25) is 0 Å². The van der Waals surface area contributed by atoms with Gasteiger partial charge >= 0.3 is 0 Å². The Hall–Kier alpha value is -0.640. The Morgan fingerprint density at radius 3 is 2.75 bits per heavy atom. The van der Waals surface area contributed by atoms with Crippen LogP contribution in [-0.4, -0.2) is 12.6 Å². The first-order chi connectivity index (χ1) is 9.67. The van der Waals surface area contributed by atoms with Crippen molar-refractivity contribution in [3.05, 3.63) is 56.2 Å². The second-order valence-electron chi connectivity index (χ2n) is 5.28. The minimum atomic E-state index is 0.516. The lowest BCUT2D eigenvalue weighted by molar-refractivity contribution is 0.507. The number of rotatable bonds is 7. The van der Waals surface area contributed by atoms with Gasteiger partial charge in [-0.05, 0) is 60.3 Å². The molecule has 2 rings (SSSR count). The molecule has 0 spiro atoms. The van der Waals surface area contributed by atoms with E-state index in [1.807, 2.05) is 11.3 Å². The molecule has 0 amide bonds. The third-order valence-electron chi connectivity index (χ3n) is 3.32. The average molecular weight is 352 g/mol. The second kappa shape index (κ2) is 7.96. The van der Waals surface area contributed by atoms with Crippen LogP contribution in [0.25, 0.3) is 0 Å². The largest absolute Gasteiger partial charge is 0.313 e. The summed E-state index contributed by atoms with van der Waals surface area (Å²) in [4.78, 5) is 1.44. The molecule has 1 N–H and O–H groups in total. The Bertz CT molecular complexity index is 535. The van der Waals surface area contributed by atoms with Crippen LogP contribution in [0.4, 0.5) is 0 Å². The van der Waals surface area contributed by atoms with Gasteiger partial charge in [0.2, 0.25) is 0 Å². The van der Waals surface area contributed by atoms with Gasteiger partial charge in [0, 0.05) is 20.8 Å². The molecular formula is C17H22BrNS. The standard InChI is InChI=1S/C17H22BrNS/c1-3-7-19-16(11-17-10-15(18)12-20-17)9-14-6-4-5-13(2)8-14/h4-6,8,10,12,16,19H,3,7,9,11H2,1-2H3. The molecule has 20 heavy (non-hydrogen) atoms. The number of thiophene rings is 1. The number of nitrogens with one attached hydrogen (secondary N) is 1. The molecule has 1 unspecified atom stereocenters. The predicted molar refractivity (Wildman–Crippen MR) is 92.7 cm³/mol. The van der Waals surface area contributed by atoms with Crippen LogP contribution < -0.4 is 5.32 Å². The molecule has 3 heteroatoms. The zero-order chi connectivity index (χ0) is 14.4. The smallest absolute Gasteiger partial charge is 0.0285 e. The SMILES string of the molecule is CCCNC(Cc1cccc(C)c1)Cc1cc(Br)cs1. The average Bonchev–Trinajstić information content (AvgIpc) is 2.81. The lowest BCUT2D eigenvalue weighted by Gasteiger charge is -2.18. The normalized spacial score (nSPS) is 12.6. The molecule has 1 aromatic heterocycles. The van der Waals surface area contributed by atoms with E-state index in [1.165, 1.54) is 26.9 Å². The van der Waals surface area contributed by atoms with Crippen molar-refractivity contribution < 1.29 is 0 Å². The van der Waals surface area contributed by atoms with Crippen molar-refractivity contribution in [1.82, 2.24) is 5.32 Å². The Balaban J connectivity index is 2.02. The Morgan fingerprint density at radius 2 is 2.10 bits per heavy atom. The van der Waals surface area contributed by atoms with E-state index in [1.54, 1.807) is 0 Å². The molecule has 0 fully saturated rings. The first kappa shape index (κ1) is 15.7. The van der Waals surface area contributed by atoms with Crippen molar-refractivity contribution in [2.24, 2.45) is 0 Å². The van der Waals surface area contributed by atoms with Gasteiger partial charge in [-0.1, -0.05) is 36.8 Å². The number of benzene rings is 1. The predicted octanol–water partition coefficient (Wildman–Crippen LogP) is 4.97. The van der Waals surface area contributed by atoms with E-state index in [-0.39, 0.29) is 0 Å². The summed E-state index contributed by atoms with van der Waals surface area (Å²) in [6.45, 7) is 5.47. The first-order valence-corrected chi connectivity index (χ1v) is 8.86. The van der Waals surface area contributed by atoms with Crippen molar-refractivity contribution in [2.75, 3.05) is 6.54 Å². The molecule has 1 atom stereocenters. The van der Waals surface area contributed by atoms with E-state index >= 15 is 0 Å². The van der Waals surface area contributed by atoms with Gasteiger partial charge in [-0.2, -0.15) is 0 Å². The highest BCUT2D eigenvalue weighted by molar-refractivity contribution is 9.10. The maximum atomic E-state index is 3.69. The van der Waals surface area contributed by atoms with Crippen LogP contribution in [0, 0.1) is 6.92 Å². The van der Waals surface area contributed by atoms with Crippen molar-refractivity contribution in [1.29, 1.82) is 0 Å². The van der Waals surface area contributed by atoms with Crippen LogP contribution in [-0.2, 0) is 12.8 Å². The quantitative estimate of drug-likeness (QED) is 0.742. The summed E-state index contributed by atoms with van der Waals surface area (Å²) < 4.78 is 1.20. The molecule has 0 aliphatic carbocycles. The van der Waals surface area contributed by atoms with Gasteiger partial charge in [-0.15, -0.1) is 11.3 Å². The van der Waals surface area contributed by atoms with Gasteiger partial charge in [0.05, 0.1) is 0 Å². The van der Waals surface area contributed by atoms with Gasteiger partial charge in [0.1, 0.15) is 0 Å². The molecule has 1 nitrogen and oxygen atoms in total. The highest BCUT2D eigenvalue weighted by atomic mass is 79.9. The fourth-order valence-electron chi connectivity index (χ4n) is 2.39. The fraction of sp³-hybridized carbons (Fsp3) is 0.412. The van der Waals surface area contributed by atoms with Gasteiger partial charge in [-0.3, -0.25) is 0 Å². The molecule has 0 saturated heterocycles. The van der Waals surface area contributed by atoms with E-state index in [2.05, 4.69) is 70.8 Å². The van der Waals surface area contributed by atoms with E-state index in [9.17, 15) is 0 Å². The fourth-order valence-corrected chi connectivity index (χ4v) is 3.92. The molecule has 1 aromatic carbocycles. The zero-order valence-electron chi connectivity index (χ0n) is 12.2. The Morgan fingerprint density at radius 1 is 1.25 bits per heavy atom. The lowest BCUT2D eigenvalue weighted by Crippen LogP contribution is -2.33. The maximum absolute atomic E-state index is 3.69. The summed E-state index contributed by atoms with van der Waals surface area (Å²) in [7, 11) is 0. The van der Waals surface area contributed by atoms with E-state index in [4.69, 9.17) is 0 Å². The second-order valence-corrected chi connectivity index (χ2v) is 7.19. The minimum absolute atomic E-state index is 0.516. The summed E-state index contributed by atoms with van der Waals surface area (Å²) in [5.74, 6) is 0. The van der Waals surface area contributed by atoms with Gasteiger partial charge < -0.3 is 5.32 Å². The summed E-state index contributed by atoms with van der Waals surface area (Å²) in [6, 6.07) is 11.6. The third kappa shape index (κ3) is 5.04. The van der Waals surface area contributed by atoms with Crippen LogP contribution >= 0.6 is 27.3 Å². The molecular weight excluding hydrogens is 330 g/mol. The van der Waals surface area contributed by atoms with Crippen molar-refractivity contribution >= 4 is 27.3 Å². The van der Waals surface area contributed by atoms with Crippen molar-refractivity contribution in [3.8, 4) is 0 Å². The molecule has 0 radical (unpaired) electrons. The molecule has 0 bridgehead atoms. The topological polar surface area (TPSA) is 12.0 Å². The molecule has 2 aromatic rings. The van der Waals surface area contributed by atoms with Crippen LogP contribution in [0.15, 0.2) is 40.2 Å². The number of hydrogen-bond acceptors (Lipinski definition) is 2. The van der Waals surface area contributed by atoms with Crippen molar-refractivity contribution in [2.45, 2.75) is 39.2 Å². The molecule has 1 heterocycles. The molecule has 108 valence electrons. The minimum Gasteiger partial charge on any atom is -0.313 e. The first-order valence-electron chi connectivity index (χ1n) is 7.19. The van der Waals surface area contributed by atoms with E-state index in [0.717, 1.165) is 19.4 Å². The van der Waals surface area contributed by atoms with E-state index < -0.39 is 0 Å². The number of halogens is 1. The van der Waals surface area contributed by atoms with E-state index in [0.29, 0.717) is 6.04 Å². The Labute approximate surface area is 134 Å². The highest BCUT2D eigenvalue weighted by Gasteiger charge is 2.11. The van der Waals surface area contributed by atoms with Gasteiger partial charge in [0.15, 0.2) is 0 Å². The third-order valence-corrected chi connectivity index (χ3v) is 5.04. The maximum Gasteiger partial charge on any atom is 0.0285 e. The van der Waals surface area contributed by atoms with Gasteiger partial charge in [0.25, 0.3) is 0 Å². The number of aryl methyl sites for hydroxylation is 1. The molecule has 0 saturated carbocycles.